The molecule has 0 rings (SSSR count). The van der Waals surface area contributed by atoms with Crippen LogP contribution in [0.25, 0.3) is 0 Å². The van der Waals surface area contributed by atoms with Crippen LogP contribution in [-0.2, 0) is 4.79 Å². The Hall–Kier alpha value is -0.480. The maximum atomic E-state index is 10.3. The van der Waals surface area contributed by atoms with Gasteiger partial charge in [0.1, 0.15) is 0 Å². The molecule has 0 spiro atoms. The largest absolute Gasteiger partial charge is 0.281 e. The molecule has 1 nitrogen and oxygen atoms in total. The highest BCUT2D eigenvalue weighted by Gasteiger charge is 2.14. The average molecular weight is 159 g/mol. The van der Waals surface area contributed by atoms with E-state index in [1.54, 1.807) is 0 Å². The van der Waals surface area contributed by atoms with Gasteiger partial charge >= 0.3 is 0 Å². The zero-order valence-electron chi connectivity index (χ0n) is 6.28. The van der Waals surface area contributed by atoms with Gasteiger partial charge in [0.2, 0.25) is 5.24 Å². The fourth-order valence-electron chi connectivity index (χ4n) is 0.483. The Morgan fingerprint density at radius 1 is 1.70 bits per heavy atom. The van der Waals surface area contributed by atoms with E-state index in [9.17, 15) is 4.79 Å². The van der Waals surface area contributed by atoms with Crippen LogP contribution >= 0.6 is 11.6 Å². The van der Waals surface area contributed by atoms with Crippen LogP contribution < -0.4 is 0 Å². The van der Waals surface area contributed by atoms with E-state index >= 15 is 0 Å². The lowest BCUT2D eigenvalue weighted by molar-refractivity contribution is -0.112. The molecule has 0 aliphatic heterocycles. The number of carbonyl (C=O) groups is 1. The van der Waals surface area contributed by atoms with E-state index in [1.165, 1.54) is 0 Å². The van der Waals surface area contributed by atoms with E-state index in [0.717, 1.165) is 0 Å². The molecule has 0 aliphatic rings. The molecule has 0 aliphatic carbocycles. The maximum absolute atomic E-state index is 10.3. The third-order valence-corrected chi connectivity index (χ3v) is 1.53. The van der Waals surface area contributed by atoms with Crippen molar-refractivity contribution in [2.45, 2.75) is 26.7 Å². The highest BCUT2D eigenvalue weighted by molar-refractivity contribution is 6.63. The number of hydrogen-bond acceptors (Lipinski definition) is 1. The fourth-order valence-corrected chi connectivity index (χ4v) is 0.577. The topological polar surface area (TPSA) is 17.1 Å². The summed E-state index contributed by atoms with van der Waals surface area (Å²) in [5.74, 6) is 2.59. The van der Waals surface area contributed by atoms with Crippen LogP contribution in [0.3, 0.4) is 0 Å². The lowest BCUT2D eigenvalue weighted by Crippen LogP contribution is -2.08. The second-order valence-corrected chi connectivity index (χ2v) is 3.30. The summed E-state index contributed by atoms with van der Waals surface area (Å²) < 4.78 is 0. The van der Waals surface area contributed by atoms with Gasteiger partial charge in [-0.2, -0.15) is 0 Å². The molecule has 0 fully saturated rings. The molecule has 0 N–H and O–H groups in total. The van der Waals surface area contributed by atoms with Crippen molar-refractivity contribution < 1.29 is 4.79 Å². The minimum atomic E-state index is -0.316. The van der Waals surface area contributed by atoms with Crippen LogP contribution in [0.15, 0.2) is 0 Å². The molecular weight excluding hydrogens is 148 g/mol. The maximum Gasteiger partial charge on any atom is 0.221 e. The molecule has 0 heterocycles. The van der Waals surface area contributed by atoms with E-state index in [1.807, 2.05) is 13.8 Å². The Labute approximate surface area is 66.8 Å². The van der Waals surface area contributed by atoms with Crippen molar-refractivity contribution in [1.29, 1.82) is 0 Å². The highest BCUT2D eigenvalue weighted by Crippen LogP contribution is 2.20. The molecule has 0 aromatic carbocycles. The highest BCUT2D eigenvalue weighted by atomic mass is 35.5. The summed E-state index contributed by atoms with van der Waals surface area (Å²) in [6, 6.07) is 0. The summed E-state index contributed by atoms with van der Waals surface area (Å²) in [6.45, 7) is 3.82. The van der Waals surface area contributed by atoms with Gasteiger partial charge in [0, 0.05) is 11.8 Å². The minimum Gasteiger partial charge on any atom is -0.281 e. The van der Waals surface area contributed by atoms with E-state index in [4.69, 9.17) is 18.0 Å². The first-order valence-corrected chi connectivity index (χ1v) is 3.52. The quantitative estimate of drug-likeness (QED) is 0.455. The third-order valence-electron chi connectivity index (χ3n) is 1.34. The van der Waals surface area contributed by atoms with Gasteiger partial charge in [-0.3, -0.25) is 4.79 Å². The van der Waals surface area contributed by atoms with E-state index in [-0.39, 0.29) is 10.7 Å². The zero-order chi connectivity index (χ0) is 8.20. The first kappa shape index (κ1) is 9.52. The SMILES string of the molecule is C#CC(C)(C)CCC(=O)Cl. The van der Waals surface area contributed by atoms with Gasteiger partial charge in [0.05, 0.1) is 0 Å². The molecule has 0 unspecified atom stereocenters. The van der Waals surface area contributed by atoms with Crippen LogP contribution in [0.1, 0.15) is 26.7 Å². The summed E-state index contributed by atoms with van der Waals surface area (Å²) in [7, 11) is 0. The summed E-state index contributed by atoms with van der Waals surface area (Å²) >= 11 is 5.13. The lowest BCUT2D eigenvalue weighted by atomic mass is 9.89. The van der Waals surface area contributed by atoms with Crippen molar-refractivity contribution in [2.75, 3.05) is 0 Å². The first-order valence-electron chi connectivity index (χ1n) is 3.14. The predicted molar refractivity (Wildman–Crippen MR) is 42.7 cm³/mol. The van der Waals surface area contributed by atoms with Gasteiger partial charge in [-0.1, -0.05) is 0 Å². The molecule has 56 valence electrons. The predicted octanol–water partition coefficient (Wildman–Crippen LogP) is 2.19. The Bertz CT molecular complexity index is 165. The van der Waals surface area contributed by atoms with Crippen molar-refractivity contribution in [1.82, 2.24) is 0 Å². The van der Waals surface area contributed by atoms with Gasteiger partial charge in [0.15, 0.2) is 0 Å². The fraction of sp³-hybridized carbons (Fsp3) is 0.625. The number of carbonyl (C=O) groups excluding carboxylic acids is 1. The average Bonchev–Trinajstić information content (AvgIpc) is 1.85. The van der Waals surface area contributed by atoms with Gasteiger partial charge in [-0.05, 0) is 31.9 Å². The van der Waals surface area contributed by atoms with Crippen molar-refractivity contribution in [2.24, 2.45) is 5.41 Å². The van der Waals surface area contributed by atoms with Gasteiger partial charge in [-0.25, -0.2) is 0 Å². The van der Waals surface area contributed by atoms with Crippen molar-refractivity contribution in [3.63, 3.8) is 0 Å². The van der Waals surface area contributed by atoms with Crippen LogP contribution in [0, 0.1) is 17.8 Å². The van der Waals surface area contributed by atoms with Crippen LogP contribution in [0.4, 0.5) is 0 Å². The van der Waals surface area contributed by atoms with Crippen LogP contribution in [-0.4, -0.2) is 5.24 Å². The third kappa shape index (κ3) is 4.40. The van der Waals surface area contributed by atoms with Gasteiger partial charge in [-0.15, -0.1) is 12.3 Å². The van der Waals surface area contributed by atoms with Gasteiger partial charge < -0.3 is 0 Å². The molecular formula is C8H11ClO. The lowest BCUT2D eigenvalue weighted by Gasteiger charge is -2.14. The monoisotopic (exact) mass is 158 g/mol. The number of hydrogen-bond donors (Lipinski definition) is 0. The standard InChI is InChI=1S/C8H11ClO/c1-4-8(2,3)6-5-7(9)10/h1H,5-6H2,2-3H3. The zero-order valence-corrected chi connectivity index (χ0v) is 7.03. The van der Waals surface area contributed by atoms with Crippen LogP contribution in [0.5, 0.6) is 0 Å². The Balaban J connectivity index is 3.71. The molecule has 0 saturated heterocycles. The number of terminal acetylenes is 1. The molecule has 0 amide bonds. The minimum absolute atomic E-state index is 0.204. The molecule has 10 heavy (non-hydrogen) atoms. The molecule has 0 bridgehead atoms. The van der Waals surface area contributed by atoms with Crippen molar-refractivity contribution >= 4 is 16.8 Å². The second kappa shape index (κ2) is 3.63. The molecule has 0 aromatic heterocycles. The molecule has 0 aromatic rings. The summed E-state index contributed by atoms with van der Waals surface area (Å²) in [6.07, 6.45) is 6.21. The Kier molecular flexibility index (Phi) is 3.46. The van der Waals surface area contributed by atoms with E-state index in [0.29, 0.717) is 12.8 Å². The molecule has 0 atom stereocenters. The smallest absolute Gasteiger partial charge is 0.221 e. The first-order chi connectivity index (χ1) is 4.48. The second-order valence-electron chi connectivity index (χ2n) is 2.88. The van der Waals surface area contributed by atoms with E-state index in [2.05, 4.69) is 5.92 Å². The summed E-state index contributed by atoms with van der Waals surface area (Å²) in [5.41, 5.74) is -0.204. The van der Waals surface area contributed by atoms with Crippen LogP contribution in [0.2, 0.25) is 0 Å². The normalized spacial score (nSPS) is 10.6. The Morgan fingerprint density at radius 2 is 2.20 bits per heavy atom. The Morgan fingerprint density at radius 3 is 2.50 bits per heavy atom. The van der Waals surface area contributed by atoms with Gasteiger partial charge in [0.25, 0.3) is 0 Å². The number of halogens is 1. The van der Waals surface area contributed by atoms with Crippen molar-refractivity contribution in [3.05, 3.63) is 0 Å². The van der Waals surface area contributed by atoms with E-state index < -0.39 is 0 Å². The molecule has 2 heteroatoms. The number of rotatable bonds is 3. The summed E-state index contributed by atoms with van der Waals surface area (Å²) in [4.78, 5) is 10.3. The summed E-state index contributed by atoms with van der Waals surface area (Å²) in [5, 5.41) is -0.316. The van der Waals surface area contributed by atoms with Crippen molar-refractivity contribution in [3.8, 4) is 12.3 Å². The molecule has 0 radical (unpaired) electrons. The molecule has 0 saturated carbocycles.